The van der Waals surface area contributed by atoms with Crippen LogP contribution in [0.2, 0.25) is 0 Å². The molecule has 0 spiro atoms. The zero-order valence-corrected chi connectivity index (χ0v) is 11.4. The van der Waals surface area contributed by atoms with Crippen molar-refractivity contribution in [2.45, 2.75) is 12.0 Å². The number of nitriles is 1. The Morgan fingerprint density at radius 3 is 2.65 bits per heavy atom. The Morgan fingerprint density at radius 2 is 2.12 bits per heavy atom. The summed E-state index contributed by atoms with van der Waals surface area (Å²) in [5, 5.41) is 12.2. The van der Waals surface area contributed by atoms with Crippen molar-refractivity contribution in [2.24, 2.45) is 0 Å². The average Bonchev–Trinajstić information content (AvgIpc) is 2.59. The van der Waals surface area contributed by atoms with Crippen LogP contribution < -0.4 is 5.32 Å². The molecular weight excluding hydrogens is 304 g/mol. The lowest BCUT2D eigenvalue weighted by molar-refractivity contribution is 0.599. The number of hydrogen-bond donors (Lipinski definition) is 1. The largest absolute Gasteiger partial charge is 0.366 e. The highest BCUT2D eigenvalue weighted by Gasteiger charge is 2.42. The third-order valence-electron chi connectivity index (χ3n) is 2.77. The fourth-order valence-corrected chi connectivity index (χ4v) is 4.10. The monoisotopic (exact) mass is 314 g/mol. The molecule has 1 heterocycles. The summed E-state index contributed by atoms with van der Waals surface area (Å²) in [6.07, 6.45) is 0.327. The molecule has 0 bridgehead atoms. The molecular formula is C11H11BrN2O2S. The van der Waals surface area contributed by atoms with E-state index in [-0.39, 0.29) is 11.5 Å². The highest BCUT2D eigenvalue weighted by molar-refractivity contribution is 9.10. The van der Waals surface area contributed by atoms with Crippen LogP contribution >= 0.6 is 15.9 Å². The SMILES string of the molecule is N#CC1(Nc2ccccc2Br)CCS(=O)(=O)C1. The first-order chi connectivity index (χ1) is 7.96. The highest BCUT2D eigenvalue weighted by atomic mass is 79.9. The number of sulfone groups is 1. The van der Waals surface area contributed by atoms with Crippen molar-refractivity contribution in [1.29, 1.82) is 5.26 Å². The van der Waals surface area contributed by atoms with Crippen LogP contribution in [0.5, 0.6) is 0 Å². The van der Waals surface area contributed by atoms with E-state index >= 15 is 0 Å². The normalized spacial score (nSPS) is 26.4. The topological polar surface area (TPSA) is 70.0 Å². The number of nitrogens with zero attached hydrogens (tertiary/aromatic N) is 1. The molecule has 0 aromatic heterocycles. The Bertz CT molecular complexity index is 579. The molecule has 1 aliphatic heterocycles. The van der Waals surface area contributed by atoms with Gasteiger partial charge in [-0.3, -0.25) is 0 Å². The average molecular weight is 315 g/mol. The first-order valence-corrected chi connectivity index (χ1v) is 7.72. The van der Waals surface area contributed by atoms with Gasteiger partial charge in [0, 0.05) is 10.2 Å². The molecule has 0 radical (unpaired) electrons. The number of hydrogen-bond acceptors (Lipinski definition) is 4. The standard InChI is InChI=1S/C11H11BrN2O2S/c12-9-3-1-2-4-10(9)14-11(7-13)5-6-17(15,16)8-11/h1-4,14H,5-6,8H2. The molecule has 0 saturated carbocycles. The number of anilines is 1. The summed E-state index contributed by atoms with van der Waals surface area (Å²) in [6, 6.07) is 9.45. The van der Waals surface area contributed by atoms with Crippen LogP contribution in [0, 0.1) is 11.3 Å². The van der Waals surface area contributed by atoms with Crippen molar-refractivity contribution in [1.82, 2.24) is 0 Å². The zero-order chi connectivity index (χ0) is 12.5. The summed E-state index contributed by atoms with van der Waals surface area (Å²) in [7, 11) is -3.10. The summed E-state index contributed by atoms with van der Waals surface area (Å²) in [4.78, 5) is 0. The molecule has 4 nitrogen and oxygen atoms in total. The molecule has 1 saturated heterocycles. The highest BCUT2D eigenvalue weighted by Crippen LogP contribution is 2.30. The van der Waals surface area contributed by atoms with Crippen LogP contribution in [0.4, 0.5) is 5.69 Å². The molecule has 2 rings (SSSR count). The Hall–Kier alpha value is -1.06. The molecule has 1 fully saturated rings. The second-order valence-corrected chi connectivity index (χ2v) is 7.18. The van der Waals surface area contributed by atoms with Crippen molar-refractivity contribution in [3.63, 3.8) is 0 Å². The molecule has 17 heavy (non-hydrogen) atoms. The fraction of sp³-hybridized carbons (Fsp3) is 0.364. The molecule has 1 aromatic carbocycles. The van der Waals surface area contributed by atoms with Crippen LogP contribution in [-0.4, -0.2) is 25.5 Å². The van der Waals surface area contributed by atoms with Gasteiger partial charge in [-0.05, 0) is 34.5 Å². The fourth-order valence-electron chi connectivity index (χ4n) is 1.88. The van der Waals surface area contributed by atoms with E-state index in [1.165, 1.54) is 0 Å². The van der Waals surface area contributed by atoms with Gasteiger partial charge < -0.3 is 5.32 Å². The molecule has 6 heteroatoms. The van der Waals surface area contributed by atoms with Gasteiger partial charge in [0.15, 0.2) is 9.84 Å². The lowest BCUT2D eigenvalue weighted by Gasteiger charge is -2.22. The summed E-state index contributed by atoms with van der Waals surface area (Å²) in [5.74, 6) is -0.0597. The van der Waals surface area contributed by atoms with Gasteiger partial charge >= 0.3 is 0 Å². The van der Waals surface area contributed by atoms with Crippen LogP contribution in [-0.2, 0) is 9.84 Å². The van der Waals surface area contributed by atoms with E-state index in [1.54, 1.807) is 0 Å². The van der Waals surface area contributed by atoms with Crippen LogP contribution in [0.3, 0.4) is 0 Å². The Morgan fingerprint density at radius 1 is 1.41 bits per heavy atom. The van der Waals surface area contributed by atoms with Gasteiger partial charge in [0.05, 0.1) is 17.6 Å². The number of nitrogens with one attached hydrogen (secondary N) is 1. The Balaban J connectivity index is 2.29. The molecule has 1 N–H and O–H groups in total. The third kappa shape index (κ3) is 2.61. The van der Waals surface area contributed by atoms with Gasteiger partial charge in [0.2, 0.25) is 0 Å². The molecule has 0 amide bonds. The van der Waals surface area contributed by atoms with E-state index in [0.717, 1.165) is 10.2 Å². The first-order valence-electron chi connectivity index (χ1n) is 5.11. The minimum Gasteiger partial charge on any atom is -0.366 e. The van der Waals surface area contributed by atoms with Crippen molar-refractivity contribution in [3.05, 3.63) is 28.7 Å². The predicted molar refractivity (Wildman–Crippen MR) is 69.4 cm³/mol. The quantitative estimate of drug-likeness (QED) is 0.905. The van der Waals surface area contributed by atoms with E-state index < -0.39 is 15.4 Å². The van der Waals surface area contributed by atoms with Gasteiger partial charge in [-0.25, -0.2) is 8.42 Å². The van der Waals surface area contributed by atoms with Gasteiger partial charge in [0.1, 0.15) is 5.54 Å². The predicted octanol–water partition coefficient (Wildman–Crippen LogP) is 1.94. The van der Waals surface area contributed by atoms with E-state index in [9.17, 15) is 13.7 Å². The van der Waals surface area contributed by atoms with Crippen molar-refractivity contribution in [3.8, 4) is 6.07 Å². The summed E-state index contributed by atoms with van der Waals surface area (Å²) >= 11 is 3.36. The summed E-state index contributed by atoms with van der Waals surface area (Å²) in [6.45, 7) is 0. The maximum absolute atomic E-state index is 11.5. The van der Waals surface area contributed by atoms with Gasteiger partial charge in [-0.2, -0.15) is 5.26 Å². The van der Waals surface area contributed by atoms with Crippen molar-refractivity contribution >= 4 is 31.5 Å². The third-order valence-corrected chi connectivity index (χ3v) is 5.22. The second-order valence-electron chi connectivity index (χ2n) is 4.14. The Labute approximate surface area is 109 Å². The molecule has 1 atom stereocenters. The molecule has 1 aromatic rings. The number of rotatable bonds is 2. The van der Waals surface area contributed by atoms with Crippen LogP contribution in [0.1, 0.15) is 6.42 Å². The maximum Gasteiger partial charge on any atom is 0.153 e. The Kier molecular flexibility index (Phi) is 3.15. The smallest absolute Gasteiger partial charge is 0.153 e. The molecule has 1 aliphatic rings. The number of benzene rings is 1. The van der Waals surface area contributed by atoms with Crippen molar-refractivity contribution < 1.29 is 8.42 Å². The number of para-hydroxylation sites is 1. The maximum atomic E-state index is 11.5. The molecule has 0 aliphatic carbocycles. The van der Waals surface area contributed by atoms with Gasteiger partial charge in [-0.15, -0.1) is 0 Å². The van der Waals surface area contributed by atoms with Crippen LogP contribution in [0.15, 0.2) is 28.7 Å². The summed E-state index contributed by atoms with van der Waals surface area (Å²) in [5.41, 5.74) is -0.256. The summed E-state index contributed by atoms with van der Waals surface area (Å²) < 4.78 is 23.8. The molecule has 1 unspecified atom stereocenters. The lowest BCUT2D eigenvalue weighted by Crippen LogP contribution is -2.37. The lowest BCUT2D eigenvalue weighted by atomic mass is 10.0. The van der Waals surface area contributed by atoms with Crippen molar-refractivity contribution in [2.75, 3.05) is 16.8 Å². The second kappa shape index (κ2) is 4.31. The number of halogens is 1. The minimum absolute atomic E-state index is 0.0675. The van der Waals surface area contributed by atoms with Gasteiger partial charge in [0.25, 0.3) is 0 Å². The van der Waals surface area contributed by atoms with Gasteiger partial charge in [-0.1, -0.05) is 12.1 Å². The van der Waals surface area contributed by atoms with E-state index in [2.05, 4.69) is 27.3 Å². The van der Waals surface area contributed by atoms with Crippen LogP contribution in [0.25, 0.3) is 0 Å². The minimum atomic E-state index is -3.10. The van der Waals surface area contributed by atoms with E-state index in [4.69, 9.17) is 0 Å². The zero-order valence-electron chi connectivity index (χ0n) is 8.98. The van der Waals surface area contributed by atoms with E-state index in [1.807, 2.05) is 24.3 Å². The molecule has 90 valence electrons. The first kappa shape index (κ1) is 12.4. The van der Waals surface area contributed by atoms with E-state index in [0.29, 0.717) is 6.42 Å².